The number of alkyl halides is 3. The maximum atomic E-state index is 12.6. The maximum Gasteiger partial charge on any atom is 0.406 e. The summed E-state index contributed by atoms with van der Waals surface area (Å²) < 4.78 is 40.9. The molecule has 1 aliphatic heterocycles. The Morgan fingerprint density at radius 2 is 2.17 bits per heavy atom. The van der Waals surface area contributed by atoms with Gasteiger partial charge in [-0.3, -0.25) is 9.58 Å². The number of aryl methyl sites for hydroxylation is 1. The topological polar surface area (TPSA) is 38.9 Å². The molecule has 5 nitrogen and oxygen atoms in total. The second-order valence-electron chi connectivity index (χ2n) is 6.09. The minimum Gasteiger partial charge on any atom is -0.325 e. The number of hydrogen-bond donors (Lipinski definition) is 0. The van der Waals surface area contributed by atoms with E-state index in [9.17, 15) is 13.2 Å². The SMILES string of the molecule is Cc1cnn(C[C@H]2CCCN2Cc2nccn2CC(F)(F)F)c1. The van der Waals surface area contributed by atoms with E-state index in [1.165, 1.54) is 17.0 Å². The minimum atomic E-state index is -4.23. The van der Waals surface area contributed by atoms with Crippen molar-refractivity contribution in [1.82, 2.24) is 24.2 Å². The van der Waals surface area contributed by atoms with Crippen molar-refractivity contribution in [3.8, 4) is 0 Å². The highest BCUT2D eigenvalue weighted by Gasteiger charge is 2.30. The van der Waals surface area contributed by atoms with Crippen molar-refractivity contribution in [2.24, 2.45) is 0 Å². The van der Waals surface area contributed by atoms with E-state index in [4.69, 9.17) is 0 Å². The Bertz CT molecular complexity index is 646. The van der Waals surface area contributed by atoms with Crippen LogP contribution in [-0.2, 0) is 19.6 Å². The molecule has 0 N–H and O–H groups in total. The molecule has 3 heterocycles. The fourth-order valence-corrected chi connectivity index (χ4v) is 3.10. The van der Waals surface area contributed by atoms with Crippen LogP contribution < -0.4 is 0 Å². The number of likely N-dealkylation sites (tertiary alicyclic amines) is 1. The smallest absolute Gasteiger partial charge is 0.325 e. The number of hydrogen-bond acceptors (Lipinski definition) is 3. The zero-order valence-electron chi connectivity index (χ0n) is 13.0. The van der Waals surface area contributed by atoms with Gasteiger partial charge in [0.05, 0.1) is 19.3 Å². The molecule has 0 unspecified atom stereocenters. The predicted molar refractivity (Wildman–Crippen MR) is 78.7 cm³/mol. The van der Waals surface area contributed by atoms with Crippen LogP contribution in [0, 0.1) is 6.92 Å². The zero-order valence-corrected chi connectivity index (χ0v) is 13.0. The molecule has 0 bridgehead atoms. The first kappa shape index (κ1) is 16.0. The van der Waals surface area contributed by atoms with Gasteiger partial charge in [-0.2, -0.15) is 18.3 Å². The van der Waals surface area contributed by atoms with Crippen LogP contribution in [0.4, 0.5) is 13.2 Å². The minimum absolute atomic E-state index is 0.283. The van der Waals surface area contributed by atoms with Crippen LogP contribution in [0.1, 0.15) is 24.2 Å². The molecule has 1 atom stereocenters. The van der Waals surface area contributed by atoms with Crippen LogP contribution in [0.5, 0.6) is 0 Å². The summed E-state index contributed by atoms with van der Waals surface area (Å²) >= 11 is 0. The van der Waals surface area contributed by atoms with E-state index in [1.54, 1.807) is 0 Å². The third-order valence-corrected chi connectivity index (χ3v) is 4.16. The summed E-state index contributed by atoms with van der Waals surface area (Å²) in [6.45, 7) is 3.08. The Balaban J connectivity index is 1.66. The molecule has 0 radical (unpaired) electrons. The normalized spacial score (nSPS) is 19.6. The second kappa shape index (κ2) is 6.35. The van der Waals surface area contributed by atoms with Crippen molar-refractivity contribution in [2.45, 2.75) is 51.6 Å². The molecule has 1 saturated heterocycles. The van der Waals surface area contributed by atoms with E-state index in [0.717, 1.165) is 31.5 Å². The summed E-state index contributed by atoms with van der Waals surface area (Å²) in [5, 5.41) is 4.30. The lowest BCUT2D eigenvalue weighted by molar-refractivity contribution is -0.141. The van der Waals surface area contributed by atoms with E-state index in [0.29, 0.717) is 12.4 Å². The van der Waals surface area contributed by atoms with Crippen molar-refractivity contribution >= 4 is 0 Å². The first-order valence-electron chi connectivity index (χ1n) is 7.70. The van der Waals surface area contributed by atoms with Crippen molar-refractivity contribution in [3.63, 3.8) is 0 Å². The van der Waals surface area contributed by atoms with Crippen LogP contribution in [0.25, 0.3) is 0 Å². The van der Waals surface area contributed by atoms with Gasteiger partial charge in [-0.25, -0.2) is 4.98 Å². The van der Waals surface area contributed by atoms with Gasteiger partial charge < -0.3 is 4.57 Å². The largest absolute Gasteiger partial charge is 0.406 e. The quantitative estimate of drug-likeness (QED) is 0.847. The average molecular weight is 327 g/mol. The summed E-state index contributed by atoms with van der Waals surface area (Å²) in [6.07, 6.45) is 4.47. The Labute approximate surface area is 132 Å². The number of nitrogens with zero attached hydrogens (tertiary/aromatic N) is 5. The first-order chi connectivity index (χ1) is 10.9. The van der Waals surface area contributed by atoms with E-state index in [-0.39, 0.29) is 6.04 Å². The van der Waals surface area contributed by atoms with Gasteiger partial charge in [0.15, 0.2) is 0 Å². The molecule has 1 aliphatic rings. The van der Waals surface area contributed by atoms with Gasteiger partial charge in [-0.1, -0.05) is 0 Å². The van der Waals surface area contributed by atoms with Gasteiger partial charge in [0.25, 0.3) is 0 Å². The fourth-order valence-electron chi connectivity index (χ4n) is 3.10. The molecule has 0 aromatic carbocycles. The lowest BCUT2D eigenvalue weighted by Gasteiger charge is -2.24. The third kappa shape index (κ3) is 4.13. The highest BCUT2D eigenvalue weighted by atomic mass is 19.4. The van der Waals surface area contributed by atoms with Crippen molar-refractivity contribution in [3.05, 3.63) is 36.2 Å². The average Bonchev–Trinajstić information content (AvgIpc) is 3.14. The summed E-state index contributed by atoms with van der Waals surface area (Å²) in [6, 6.07) is 0.283. The van der Waals surface area contributed by atoms with E-state index in [1.807, 2.05) is 24.0 Å². The van der Waals surface area contributed by atoms with Gasteiger partial charge in [0.1, 0.15) is 12.4 Å². The van der Waals surface area contributed by atoms with Crippen molar-refractivity contribution in [2.75, 3.05) is 6.54 Å². The van der Waals surface area contributed by atoms with Gasteiger partial charge in [-0.05, 0) is 31.9 Å². The standard InChI is InChI=1S/C15H20F3N5/c1-12-7-20-23(8-12)9-13-3-2-5-21(13)10-14-19-4-6-22(14)11-15(16,17)18/h4,6-8,13H,2-3,5,9-11H2,1H3/t13-/m1/s1. The van der Waals surface area contributed by atoms with Gasteiger partial charge in [0, 0.05) is 24.6 Å². The van der Waals surface area contributed by atoms with E-state index < -0.39 is 12.7 Å². The maximum absolute atomic E-state index is 12.6. The van der Waals surface area contributed by atoms with Gasteiger partial charge in [0.2, 0.25) is 0 Å². The Morgan fingerprint density at radius 1 is 1.35 bits per heavy atom. The predicted octanol–water partition coefficient (Wildman–Crippen LogP) is 2.61. The molecular formula is C15H20F3N5. The number of halogens is 3. The number of imidazole rings is 1. The summed E-state index contributed by atoms with van der Waals surface area (Å²) in [7, 11) is 0. The van der Waals surface area contributed by atoms with Crippen LogP contribution in [0.15, 0.2) is 24.8 Å². The Hall–Kier alpha value is -1.83. The molecule has 3 rings (SSSR count). The van der Waals surface area contributed by atoms with E-state index >= 15 is 0 Å². The Morgan fingerprint density at radius 3 is 2.87 bits per heavy atom. The van der Waals surface area contributed by atoms with Crippen LogP contribution in [-0.4, -0.2) is 43.0 Å². The highest BCUT2D eigenvalue weighted by molar-refractivity contribution is 5.00. The van der Waals surface area contributed by atoms with Crippen LogP contribution in [0.2, 0.25) is 0 Å². The van der Waals surface area contributed by atoms with Gasteiger partial charge in [-0.15, -0.1) is 0 Å². The molecular weight excluding hydrogens is 307 g/mol. The summed E-state index contributed by atoms with van der Waals surface area (Å²) in [4.78, 5) is 6.31. The molecule has 0 amide bonds. The van der Waals surface area contributed by atoms with Gasteiger partial charge >= 0.3 is 6.18 Å². The molecule has 2 aromatic rings. The molecule has 0 spiro atoms. The fraction of sp³-hybridized carbons (Fsp3) is 0.600. The molecule has 0 aliphatic carbocycles. The van der Waals surface area contributed by atoms with Crippen LogP contribution >= 0.6 is 0 Å². The summed E-state index contributed by atoms with van der Waals surface area (Å²) in [5.41, 5.74) is 1.11. The molecule has 1 fully saturated rings. The van der Waals surface area contributed by atoms with Crippen LogP contribution in [0.3, 0.4) is 0 Å². The molecule has 0 saturated carbocycles. The molecule has 8 heteroatoms. The monoisotopic (exact) mass is 327 g/mol. The lowest BCUT2D eigenvalue weighted by atomic mass is 10.2. The number of rotatable bonds is 5. The van der Waals surface area contributed by atoms with E-state index in [2.05, 4.69) is 15.0 Å². The molecule has 126 valence electrons. The summed E-state index contributed by atoms with van der Waals surface area (Å²) in [5.74, 6) is 0.464. The van der Waals surface area contributed by atoms with Crippen molar-refractivity contribution < 1.29 is 13.2 Å². The first-order valence-corrected chi connectivity index (χ1v) is 7.70. The number of aromatic nitrogens is 4. The molecule has 2 aromatic heterocycles. The second-order valence-corrected chi connectivity index (χ2v) is 6.09. The molecule has 23 heavy (non-hydrogen) atoms. The van der Waals surface area contributed by atoms with Crippen molar-refractivity contribution in [1.29, 1.82) is 0 Å². The lowest BCUT2D eigenvalue weighted by Crippen LogP contribution is -2.34. The zero-order chi connectivity index (χ0) is 16.4. The third-order valence-electron chi connectivity index (χ3n) is 4.16. The highest BCUT2D eigenvalue weighted by Crippen LogP contribution is 2.23. The Kier molecular flexibility index (Phi) is 4.43.